The highest BCUT2D eigenvalue weighted by atomic mass is 32.2. The zero-order valence-electron chi connectivity index (χ0n) is 13.7. The molecule has 0 atom stereocenters. The summed E-state index contributed by atoms with van der Waals surface area (Å²) in [4.78, 5) is 12.5. The minimum atomic E-state index is -0.361. The Labute approximate surface area is 143 Å². The molecule has 0 radical (unpaired) electrons. The van der Waals surface area contributed by atoms with E-state index in [0.29, 0.717) is 16.4 Å². The lowest BCUT2D eigenvalue weighted by atomic mass is 10.2. The van der Waals surface area contributed by atoms with E-state index in [4.69, 9.17) is 0 Å². The predicted octanol–water partition coefficient (Wildman–Crippen LogP) is 3.34. The fourth-order valence-corrected chi connectivity index (χ4v) is 3.29. The van der Waals surface area contributed by atoms with Gasteiger partial charge in [0.1, 0.15) is 12.1 Å². The highest BCUT2D eigenvalue weighted by Crippen LogP contribution is 2.23. The molecule has 2 aromatic heterocycles. The number of halogens is 1. The molecule has 24 heavy (non-hydrogen) atoms. The van der Waals surface area contributed by atoms with Gasteiger partial charge >= 0.3 is 0 Å². The number of Topliss-reactive ketones (excluding diaryl/α,β-unsaturated/α-hetero) is 1. The number of ketones is 1. The molecule has 3 aromatic rings. The quantitative estimate of drug-likeness (QED) is 0.526. The van der Waals surface area contributed by atoms with Crippen molar-refractivity contribution in [3.63, 3.8) is 0 Å². The molecular formula is C17H17FN4OS. The van der Waals surface area contributed by atoms with Crippen LogP contribution in [0.4, 0.5) is 4.39 Å². The van der Waals surface area contributed by atoms with E-state index in [1.54, 1.807) is 22.8 Å². The summed E-state index contributed by atoms with van der Waals surface area (Å²) in [6, 6.07) is 8.29. The first-order valence-electron chi connectivity index (χ1n) is 7.43. The van der Waals surface area contributed by atoms with E-state index >= 15 is 0 Å². The Hall–Kier alpha value is -2.41. The van der Waals surface area contributed by atoms with Crippen molar-refractivity contribution in [2.75, 3.05) is 5.75 Å². The largest absolute Gasteiger partial charge is 0.351 e. The van der Waals surface area contributed by atoms with E-state index in [-0.39, 0.29) is 17.4 Å². The predicted molar refractivity (Wildman–Crippen MR) is 91.3 cm³/mol. The summed E-state index contributed by atoms with van der Waals surface area (Å²) in [7, 11) is 1.93. The third-order valence-electron chi connectivity index (χ3n) is 4.04. The SMILES string of the molecule is Cc1cc(C(=O)CSc2nncn2-c2ccccc2F)c(C)n1C. The van der Waals surface area contributed by atoms with Crippen LogP contribution in [0.25, 0.3) is 5.69 Å². The molecule has 0 spiro atoms. The second-order valence-electron chi connectivity index (χ2n) is 5.49. The number of aromatic nitrogens is 4. The van der Waals surface area contributed by atoms with E-state index in [1.807, 2.05) is 31.5 Å². The second kappa shape index (κ2) is 6.60. The summed E-state index contributed by atoms with van der Waals surface area (Å²) >= 11 is 1.25. The van der Waals surface area contributed by atoms with Crippen LogP contribution in [0.2, 0.25) is 0 Å². The van der Waals surface area contributed by atoms with Crippen LogP contribution in [0, 0.1) is 19.7 Å². The maximum atomic E-state index is 13.9. The molecule has 7 heteroatoms. The van der Waals surface area contributed by atoms with Gasteiger partial charge in [-0.25, -0.2) is 4.39 Å². The number of carbonyl (C=O) groups is 1. The van der Waals surface area contributed by atoms with Crippen LogP contribution < -0.4 is 0 Å². The molecule has 0 N–H and O–H groups in total. The number of hydrogen-bond acceptors (Lipinski definition) is 4. The number of carbonyl (C=O) groups excluding carboxylic acids is 1. The van der Waals surface area contributed by atoms with Gasteiger partial charge in [0.25, 0.3) is 0 Å². The Bertz CT molecular complexity index is 900. The number of aryl methyl sites for hydroxylation is 1. The molecule has 0 aliphatic carbocycles. The van der Waals surface area contributed by atoms with Crippen molar-refractivity contribution in [1.82, 2.24) is 19.3 Å². The van der Waals surface area contributed by atoms with Gasteiger partial charge in [0.2, 0.25) is 0 Å². The molecule has 0 bridgehead atoms. The lowest BCUT2D eigenvalue weighted by molar-refractivity contribution is 0.102. The van der Waals surface area contributed by atoms with Crippen molar-refractivity contribution in [1.29, 1.82) is 0 Å². The molecule has 2 heterocycles. The molecule has 3 rings (SSSR count). The lowest BCUT2D eigenvalue weighted by Crippen LogP contribution is -2.06. The van der Waals surface area contributed by atoms with Gasteiger partial charge in [0.15, 0.2) is 10.9 Å². The highest BCUT2D eigenvalue weighted by molar-refractivity contribution is 7.99. The monoisotopic (exact) mass is 344 g/mol. The standard InChI is InChI=1S/C17H17FN4OS/c1-11-8-13(12(2)21(11)3)16(23)9-24-17-20-19-10-22(17)15-7-5-4-6-14(15)18/h4-8,10H,9H2,1-3H3. The maximum Gasteiger partial charge on any atom is 0.196 e. The number of benzene rings is 1. The van der Waals surface area contributed by atoms with E-state index < -0.39 is 0 Å². The first kappa shape index (κ1) is 16.4. The molecule has 1 aromatic carbocycles. The second-order valence-corrected chi connectivity index (χ2v) is 6.43. The molecule has 0 fully saturated rings. The number of nitrogens with zero attached hydrogens (tertiary/aromatic N) is 4. The highest BCUT2D eigenvalue weighted by Gasteiger charge is 2.17. The molecule has 124 valence electrons. The van der Waals surface area contributed by atoms with E-state index in [1.165, 1.54) is 24.2 Å². The van der Waals surface area contributed by atoms with Crippen molar-refractivity contribution in [3.05, 3.63) is 59.4 Å². The van der Waals surface area contributed by atoms with Crippen molar-refractivity contribution in [3.8, 4) is 5.69 Å². The van der Waals surface area contributed by atoms with Crippen LogP contribution in [-0.4, -0.2) is 30.9 Å². The Morgan fingerprint density at radius 1 is 1.29 bits per heavy atom. The minimum absolute atomic E-state index is 0.0179. The Morgan fingerprint density at radius 3 is 2.71 bits per heavy atom. The smallest absolute Gasteiger partial charge is 0.196 e. The fourth-order valence-electron chi connectivity index (χ4n) is 2.48. The van der Waals surface area contributed by atoms with Crippen LogP contribution in [0.5, 0.6) is 0 Å². The molecule has 0 unspecified atom stereocenters. The van der Waals surface area contributed by atoms with Gasteiger partial charge in [-0.05, 0) is 32.0 Å². The first-order valence-corrected chi connectivity index (χ1v) is 8.41. The molecule has 5 nitrogen and oxygen atoms in total. The van der Waals surface area contributed by atoms with Gasteiger partial charge in [-0.15, -0.1) is 10.2 Å². The molecule has 0 saturated carbocycles. The molecule has 0 aliphatic heterocycles. The molecular weight excluding hydrogens is 327 g/mol. The Morgan fingerprint density at radius 2 is 2.04 bits per heavy atom. The van der Waals surface area contributed by atoms with Crippen LogP contribution in [0.3, 0.4) is 0 Å². The Balaban J connectivity index is 1.79. The van der Waals surface area contributed by atoms with Crippen LogP contribution in [-0.2, 0) is 7.05 Å². The van der Waals surface area contributed by atoms with Crippen LogP contribution in [0.1, 0.15) is 21.7 Å². The van der Waals surface area contributed by atoms with Gasteiger partial charge in [-0.3, -0.25) is 9.36 Å². The maximum absolute atomic E-state index is 13.9. The molecule has 0 aliphatic rings. The average molecular weight is 344 g/mol. The van der Waals surface area contributed by atoms with Gasteiger partial charge < -0.3 is 4.57 Å². The normalized spacial score (nSPS) is 11.0. The number of rotatable bonds is 5. The minimum Gasteiger partial charge on any atom is -0.351 e. The van der Waals surface area contributed by atoms with Gasteiger partial charge in [-0.2, -0.15) is 0 Å². The summed E-state index contributed by atoms with van der Waals surface area (Å²) in [6.45, 7) is 3.89. The fraction of sp³-hybridized carbons (Fsp3) is 0.235. The number of hydrogen-bond donors (Lipinski definition) is 0. The lowest BCUT2D eigenvalue weighted by Gasteiger charge is -2.07. The van der Waals surface area contributed by atoms with Crippen LogP contribution >= 0.6 is 11.8 Å². The molecule has 0 amide bonds. The van der Waals surface area contributed by atoms with Crippen molar-refractivity contribution >= 4 is 17.5 Å². The van der Waals surface area contributed by atoms with E-state index in [9.17, 15) is 9.18 Å². The first-order chi connectivity index (χ1) is 11.5. The third kappa shape index (κ3) is 2.99. The topological polar surface area (TPSA) is 52.7 Å². The van der Waals surface area contributed by atoms with Crippen molar-refractivity contribution < 1.29 is 9.18 Å². The van der Waals surface area contributed by atoms with Crippen molar-refractivity contribution in [2.45, 2.75) is 19.0 Å². The number of para-hydroxylation sites is 1. The average Bonchev–Trinajstić information content (AvgIpc) is 3.13. The summed E-state index contributed by atoms with van der Waals surface area (Å²) in [6.07, 6.45) is 1.45. The zero-order chi connectivity index (χ0) is 17.3. The van der Waals surface area contributed by atoms with Gasteiger partial charge in [0, 0.05) is 24.0 Å². The van der Waals surface area contributed by atoms with Gasteiger partial charge in [0.05, 0.1) is 11.4 Å². The van der Waals surface area contributed by atoms with Crippen molar-refractivity contribution in [2.24, 2.45) is 7.05 Å². The molecule has 0 saturated heterocycles. The van der Waals surface area contributed by atoms with Crippen LogP contribution in [0.15, 0.2) is 41.8 Å². The zero-order valence-corrected chi connectivity index (χ0v) is 14.5. The third-order valence-corrected chi connectivity index (χ3v) is 4.98. The van der Waals surface area contributed by atoms with Gasteiger partial charge in [-0.1, -0.05) is 23.9 Å². The summed E-state index contributed by atoms with van der Waals surface area (Å²) in [5, 5.41) is 8.32. The van der Waals surface area contributed by atoms with E-state index in [2.05, 4.69) is 10.2 Å². The summed E-state index contributed by atoms with van der Waals surface area (Å²) < 4.78 is 17.5. The summed E-state index contributed by atoms with van der Waals surface area (Å²) in [5.74, 6) is -0.124. The van der Waals surface area contributed by atoms with E-state index in [0.717, 1.165) is 11.4 Å². The number of thioether (sulfide) groups is 1. The summed E-state index contributed by atoms with van der Waals surface area (Å²) in [5.41, 5.74) is 3.05. The Kier molecular flexibility index (Phi) is 4.53.